The van der Waals surface area contributed by atoms with Gasteiger partial charge in [-0.1, -0.05) is 18.2 Å². The van der Waals surface area contributed by atoms with Crippen LogP contribution in [-0.2, 0) is 4.79 Å². The first-order valence-electron chi connectivity index (χ1n) is 5.12. The molecule has 2 rings (SSSR count). The van der Waals surface area contributed by atoms with Gasteiger partial charge in [0.15, 0.2) is 0 Å². The number of carboxylic acids is 1. The lowest BCUT2D eigenvalue weighted by molar-refractivity contribution is -0.138. The van der Waals surface area contributed by atoms with Gasteiger partial charge in [0.25, 0.3) is 0 Å². The fraction of sp³-hybridized carbons (Fsp3) is 0.364. The number of fused-ring (bicyclic) bond motifs is 1. The Morgan fingerprint density at radius 3 is 3.12 bits per heavy atom. The standard InChI is InChI=1S/C11H14N2O3/c12-8(11(14)15)5-13-9-6-16-10-4-2-1-3-7(9)10/h1-4,8-9,13H,5-6,12H2,(H,14,15). The van der Waals surface area contributed by atoms with E-state index in [0.717, 1.165) is 11.3 Å². The molecule has 16 heavy (non-hydrogen) atoms. The molecule has 0 saturated carbocycles. The Labute approximate surface area is 93.2 Å². The normalized spacial score (nSPS) is 19.9. The second-order valence-corrected chi connectivity index (χ2v) is 3.75. The summed E-state index contributed by atoms with van der Waals surface area (Å²) in [6.45, 7) is 0.753. The highest BCUT2D eigenvalue weighted by Crippen LogP contribution is 2.31. The van der Waals surface area contributed by atoms with Crippen LogP contribution < -0.4 is 15.8 Å². The third-order valence-electron chi connectivity index (χ3n) is 2.60. The summed E-state index contributed by atoms with van der Waals surface area (Å²) in [6.07, 6.45) is 0. The van der Waals surface area contributed by atoms with Crippen LogP contribution in [0.3, 0.4) is 0 Å². The lowest BCUT2D eigenvalue weighted by Gasteiger charge is -2.13. The highest BCUT2D eigenvalue weighted by Gasteiger charge is 2.24. The van der Waals surface area contributed by atoms with Crippen molar-refractivity contribution in [1.82, 2.24) is 5.32 Å². The molecule has 1 heterocycles. The molecule has 0 amide bonds. The minimum Gasteiger partial charge on any atom is -0.491 e. The number of nitrogens with two attached hydrogens (primary N) is 1. The van der Waals surface area contributed by atoms with Crippen molar-refractivity contribution >= 4 is 5.97 Å². The van der Waals surface area contributed by atoms with Gasteiger partial charge in [-0.25, -0.2) is 0 Å². The monoisotopic (exact) mass is 222 g/mol. The molecule has 0 radical (unpaired) electrons. The van der Waals surface area contributed by atoms with Gasteiger partial charge in [0.05, 0.1) is 6.04 Å². The smallest absolute Gasteiger partial charge is 0.321 e. The predicted molar refractivity (Wildman–Crippen MR) is 58.3 cm³/mol. The van der Waals surface area contributed by atoms with E-state index in [-0.39, 0.29) is 12.6 Å². The van der Waals surface area contributed by atoms with Crippen LogP contribution in [0.2, 0.25) is 0 Å². The van der Waals surface area contributed by atoms with Gasteiger partial charge >= 0.3 is 5.97 Å². The molecule has 86 valence electrons. The summed E-state index contributed by atoms with van der Waals surface area (Å²) in [5.74, 6) is -0.149. The number of hydrogen-bond acceptors (Lipinski definition) is 4. The Hall–Kier alpha value is -1.59. The molecule has 5 nitrogen and oxygen atoms in total. The summed E-state index contributed by atoms with van der Waals surface area (Å²) in [7, 11) is 0. The number of benzene rings is 1. The molecule has 0 aliphatic carbocycles. The van der Waals surface area contributed by atoms with Gasteiger partial charge in [-0.3, -0.25) is 4.79 Å². The maximum Gasteiger partial charge on any atom is 0.321 e. The van der Waals surface area contributed by atoms with Crippen LogP contribution in [0.25, 0.3) is 0 Å². The first-order chi connectivity index (χ1) is 7.68. The van der Waals surface area contributed by atoms with E-state index in [1.54, 1.807) is 0 Å². The van der Waals surface area contributed by atoms with Crippen LogP contribution >= 0.6 is 0 Å². The van der Waals surface area contributed by atoms with Gasteiger partial charge in [0, 0.05) is 12.1 Å². The van der Waals surface area contributed by atoms with Gasteiger partial charge in [-0.15, -0.1) is 0 Å². The number of hydrogen-bond donors (Lipinski definition) is 3. The van der Waals surface area contributed by atoms with E-state index in [4.69, 9.17) is 15.6 Å². The highest BCUT2D eigenvalue weighted by molar-refractivity contribution is 5.73. The minimum atomic E-state index is -1.00. The van der Waals surface area contributed by atoms with Gasteiger partial charge in [0.2, 0.25) is 0 Å². The average Bonchev–Trinajstić information content (AvgIpc) is 2.69. The Kier molecular flexibility index (Phi) is 3.07. The van der Waals surface area contributed by atoms with Crippen molar-refractivity contribution in [2.75, 3.05) is 13.2 Å². The molecular weight excluding hydrogens is 208 g/mol. The summed E-state index contributed by atoms with van der Waals surface area (Å²) in [6, 6.07) is 6.85. The van der Waals surface area contributed by atoms with Crippen molar-refractivity contribution in [2.24, 2.45) is 5.73 Å². The molecular formula is C11H14N2O3. The van der Waals surface area contributed by atoms with E-state index < -0.39 is 12.0 Å². The number of carboxylic acid groups (broad SMARTS) is 1. The summed E-state index contributed by atoms with van der Waals surface area (Å²) in [5.41, 5.74) is 6.47. The number of aliphatic carboxylic acids is 1. The average molecular weight is 222 g/mol. The van der Waals surface area contributed by atoms with Crippen molar-refractivity contribution in [3.8, 4) is 5.75 Å². The molecule has 0 saturated heterocycles. The molecule has 1 aromatic carbocycles. The summed E-state index contributed by atoms with van der Waals surface area (Å²) in [5, 5.41) is 11.7. The number of para-hydroxylation sites is 1. The van der Waals surface area contributed by atoms with Crippen molar-refractivity contribution in [3.05, 3.63) is 29.8 Å². The van der Waals surface area contributed by atoms with Crippen LogP contribution in [0.5, 0.6) is 5.75 Å². The van der Waals surface area contributed by atoms with Crippen molar-refractivity contribution < 1.29 is 14.6 Å². The molecule has 0 fully saturated rings. The Morgan fingerprint density at radius 2 is 2.38 bits per heavy atom. The quantitative estimate of drug-likeness (QED) is 0.674. The van der Waals surface area contributed by atoms with E-state index in [0.29, 0.717) is 6.61 Å². The molecule has 0 spiro atoms. The fourth-order valence-electron chi connectivity index (χ4n) is 1.69. The lowest BCUT2D eigenvalue weighted by Crippen LogP contribution is -2.41. The molecule has 2 atom stereocenters. The number of carbonyl (C=O) groups is 1. The minimum absolute atomic E-state index is 0.0293. The number of nitrogens with one attached hydrogen (secondary N) is 1. The summed E-state index contributed by atoms with van der Waals surface area (Å²) in [4.78, 5) is 10.6. The predicted octanol–water partition coefficient (Wildman–Crippen LogP) is 0.122. The Morgan fingerprint density at radius 1 is 1.62 bits per heavy atom. The van der Waals surface area contributed by atoms with Gasteiger partial charge < -0.3 is 20.9 Å². The van der Waals surface area contributed by atoms with Crippen LogP contribution in [0.4, 0.5) is 0 Å². The van der Waals surface area contributed by atoms with Crippen LogP contribution in [-0.4, -0.2) is 30.3 Å². The molecule has 1 aromatic rings. The van der Waals surface area contributed by atoms with E-state index in [1.807, 2.05) is 24.3 Å². The molecule has 1 aliphatic rings. The van der Waals surface area contributed by atoms with E-state index in [2.05, 4.69) is 5.32 Å². The Balaban J connectivity index is 1.96. The first kappa shape index (κ1) is 10.9. The zero-order valence-electron chi connectivity index (χ0n) is 8.72. The second kappa shape index (κ2) is 4.51. The molecule has 2 unspecified atom stereocenters. The van der Waals surface area contributed by atoms with Gasteiger partial charge in [-0.05, 0) is 6.07 Å². The van der Waals surface area contributed by atoms with E-state index in [9.17, 15) is 4.79 Å². The maximum absolute atomic E-state index is 10.6. The third kappa shape index (κ3) is 2.15. The van der Waals surface area contributed by atoms with E-state index >= 15 is 0 Å². The fourth-order valence-corrected chi connectivity index (χ4v) is 1.69. The lowest BCUT2D eigenvalue weighted by atomic mass is 10.1. The summed E-state index contributed by atoms with van der Waals surface area (Å²) >= 11 is 0. The molecule has 0 bridgehead atoms. The number of rotatable bonds is 4. The molecule has 4 N–H and O–H groups in total. The van der Waals surface area contributed by atoms with Gasteiger partial charge in [-0.2, -0.15) is 0 Å². The highest BCUT2D eigenvalue weighted by atomic mass is 16.5. The summed E-state index contributed by atoms with van der Waals surface area (Å²) < 4.78 is 5.45. The van der Waals surface area contributed by atoms with Crippen molar-refractivity contribution in [1.29, 1.82) is 0 Å². The van der Waals surface area contributed by atoms with Crippen LogP contribution in [0, 0.1) is 0 Å². The second-order valence-electron chi connectivity index (χ2n) is 3.75. The molecule has 5 heteroatoms. The van der Waals surface area contributed by atoms with Crippen molar-refractivity contribution in [2.45, 2.75) is 12.1 Å². The molecule has 1 aliphatic heterocycles. The number of ether oxygens (including phenoxy) is 1. The SMILES string of the molecule is NC(CNC1COc2ccccc21)C(=O)O. The zero-order chi connectivity index (χ0) is 11.5. The van der Waals surface area contributed by atoms with Crippen LogP contribution in [0.1, 0.15) is 11.6 Å². The first-order valence-corrected chi connectivity index (χ1v) is 5.12. The Bertz CT molecular complexity index is 395. The third-order valence-corrected chi connectivity index (χ3v) is 2.60. The largest absolute Gasteiger partial charge is 0.491 e. The van der Waals surface area contributed by atoms with Crippen LogP contribution in [0.15, 0.2) is 24.3 Å². The maximum atomic E-state index is 10.6. The van der Waals surface area contributed by atoms with E-state index in [1.165, 1.54) is 0 Å². The zero-order valence-corrected chi connectivity index (χ0v) is 8.72. The topological polar surface area (TPSA) is 84.6 Å². The van der Waals surface area contributed by atoms with Crippen molar-refractivity contribution in [3.63, 3.8) is 0 Å². The molecule has 0 aromatic heterocycles. The van der Waals surface area contributed by atoms with Gasteiger partial charge in [0.1, 0.15) is 18.4 Å².